The Kier molecular flexibility index (Phi) is 8.77. The maximum atomic E-state index is 14.0. The lowest BCUT2D eigenvalue weighted by molar-refractivity contribution is -0.114. The number of nitrogens with one attached hydrogen (secondary N) is 1. The minimum atomic E-state index is -4.28. The molecule has 0 saturated heterocycles. The number of hydrogen-bond acceptors (Lipinski definition) is 6. The predicted octanol–water partition coefficient (Wildman–Crippen LogP) is 5.73. The van der Waals surface area contributed by atoms with E-state index in [2.05, 4.69) is 5.32 Å². The number of benzene rings is 4. The van der Waals surface area contributed by atoms with Crippen LogP contribution in [0.3, 0.4) is 0 Å². The summed E-state index contributed by atoms with van der Waals surface area (Å²) in [5.41, 5.74) is 1.71. The first-order chi connectivity index (χ1) is 19.1. The van der Waals surface area contributed by atoms with Gasteiger partial charge in [-0.1, -0.05) is 48.0 Å². The van der Waals surface area contributed by atoms with Crippen LogP contribution in [0.25, 0.3) is 0 Å². The number of methoxy groups -OCH3 is 2. The Morgan fingerprint density at radius 2 is 1.57 bits per heavy atom. The monoisotopic (exact) mass is 578 g/mol. The summed E-state index contributed by atoms with van der Waals surface area (Å²) in [4.78, 5) is 26.5. The first-order valence-electron chi connectivity index (χ1n) is 12.1. The Hall–Kier alpha value is -4.34. The molecule has 40 heavy (non-hydrogen) atoms. The van der Waals surface area contributed by atoms with Crippen molar-refractivity contribution in [3.63, 3.8) is 0 Å². The van der Waals surface area contributed by atoms with Crippen LogP contribution in [0.5, 0.6) is 11.5 Å². The number of ether oxygens (including phenoxy) is 2. The highest BCUT2D eigenvalue weighted by molar-refractivity contribution is 7.93. The van der Waals surface area contributed by atoms with Crippen LogP contribution in [-0.4, -0.2) is 40.9 Å². The third-order valence-corrected chi connectivity index (χ3v) is 8.10. The van der Waals surface area contributed by atoms with E-state index < -0.39 is 22.5 Å². The lowest BCUT2D eigenvalue weighted by atomic mass is 10.0. The van der Waals surface area contributed by atoms with Gasteiger partial charge in [0.1, 0.15) is 22.9 Å². The number of aryl methyl sites for hydroxylation is 1. The van der Waals surface area contributed by atoms with Crippen molar-refractivity contribution in [2.75, 3.05) is 30.4 Å². The molecule has 0 aliphatic rings. The predicted molar refractivity (Wildman–Crippen MR) is 155 cm³/mol. The van der Waals surface area contributed by atoms with Crippen LogP contribution >= 0.6 is 11.6 Å². The van der Waals surface area contributed by atoms with Gasteiger partial charge in [-0.25, -0.2) is 8.42 Å². The molecule has 0 saturated carbocycles. The van der Waals surface area contributed by atoms with Crippen LogP contribution in [-0.2, 0) is 14.8 Å². The van der Waals surface area contributed by atoms with E-state index in [-0.39, 0.29) is 33.4 Å². The SMILES string of the molecule is COc1ccc(N(CC(=O)Nc2ccc(Cl)cc2C(=O)c2ccccc2)S(=O)(=O)c2cc(C)ccc2OC)cc1. The number of halogens is 1. The van der Waals surface area contributed by atoms with Crippen LogP contribution in [0.4, 0.5) is 11.4 Å². The molecular formula is C30H27ClN2O6S. The second-order valence-corrected chi connectivity index (χ2v) is 11.1. The molecule has 8 nitrogen and oxygen atoms in total. The number of ketones is 1. The van der Waals surface area contributed by atoms with Gasteiger partial charge in [-0.2, -0.15) is 0 Å². The first-order valence-corrected chi connectivity index (χ1v) is 14.0. The van der Waals surface area contributed by atoms with E-state index in [0.29, 0.717) is 21.9 Å². The number of carbonyl (C=O) groups is 2. The highest BCUT2D eigenvalue weighted by Crippen LogP contribution is 2.32. The lowest BCUT2D eigenvalue weighted by Crippen LogP contribution is -2.38. The van der Waals surface area contributed by atoms with E-state index in [1.165, 1.54) is 38.5 Å². The fourth-order valence-electron chi connectivity index (χ4n) is 4.05. The van der Waals surface area contributed by atoms with Crippen LogP contribution in [0.2, 0.25) is 5.02 Å². The fourth-order valence-corrected chi connectivity index (χ4v) is 5.88. The van der Waals surface area contributed by atoms with Gasteiger partial charge in [0.05, 0.1) is 25.6 Å². The summed E-state index contributed by atoms with van der Waals surface area (Å²) < 4.78 is 39.5. The Bertz CT molecular complexity index is 1640. The zero-order valence-electron chi connectivity index (χ0n) is 22.1. The highest BCUT2D eigenvalue weighted by Gasteiger charge is 2.31. The molecule has 0 aliphatic heterocycles. The van der Waals surface area contributed by atoms with Crippen molar-refractivity contribution in [3.05, 3.63) is 113 Å². The molecule has 0 fully saturated rings. The van der Waals surface area contributed by atoms with E-state index in [1.807, 2.05) is 0 Å². The van der Waals surface area contributed by atoms with E-state index >= 15 is 0 Å². The van der Waals surface area contributed by atoms with Crippen LogP contribution in [0.1, 0.15) is 21.5 Å². The van der Waals surface area contributed by atoms with E-state index in [1.54, 1.807) is 73.7 Å². The standard InChI is InChI=1S/C30H27ClN2O6S/c1-20-9-16-27(39-3)28(17-20)40(36,37)33(23-11-13-24(38-2)14-12-23)19-29(34)32-26-15-10-22(31)18-25(26)30(35)21-7-5-4-6-8-21/h4-18H,19H2,1-3H3,(H,32,34). The topological polar surface area (TPSA) is 102 Å². The van der Waals surface area contributed by atoms with Crippen molar-refractivity contribution in [3.8, 4) is 11.5 Å². The summed E-state index contributed by atoms with van der Waals surface area (Å²) in [5, 5.41) is 3.01. The largest absolute Gasteiger partial charge is 0.497 e. The molecule has 4 aromatic carbocycles. The molecule has 0 aliphatic carbocycles. The molecule has 0 heterocycles. The van der Waals surface area contributed by atoms with Crippen molar-refractivity contribution < 1.29 is 27.5 Å². The van der Waals surface area contributed by atoms with Crippen LogP contribution in [0, 0.1) is 6.92 Å². The van der Waals surface area contributed by atoms with Crippen molar-refractivity contribution >= 4 is 44.7 Å². The third kappa shape index (κ3) is 6.27. The molecular weight excluding hydrogens is 552 g/mol. The quantitative estimate of drug-likeness (QED) is 0.241. The van der Waals surface area contributed by atoms with E-state index in [0.717, 1.165) is 4.31 Å². The number of hydrogen-bond donors (Lipinski definition) is 1. The van der Waals surface area contributed by atoms with Gasteiger partial charge in [-0.05, 0) is 67.1 Å². The molecule has 0 bridgehead atoms. The normalized spacial score (nSPS) is 11.0. The van der Waals surface area contributed by atoms with Gasteiger partial charge in [0.2, 0.25) is 5.91 Å². The summed E-state index contributed by atoms with van der Waals surface area (Å²) in [6.07, 6.45) is 0. The second-order valence-electron chi connectivity index (χ2n) is 8.80. The summed E-state index contributed by atoms with van der Waals surface area (Å²) in [7, 11) is -1.41. The molecule has 0 atom stereocenters. The van der Waals surface area contributed by atoms with Crippen LogP contribution in [0.15, 0.2) is 95.9 Å². The molecule has 1 N–H and O–H groups in total. The zero-order chi connectivity index (χ0) is 28.9. The number of rotatable bonds is 10. The molecule has 206 valence electrons. The van der Waals surface area contributed by atoms with Gasteiger partial charge < -0.3 is 14.8 Å². The van der Waals surface area contributed by atoms with Gasteiger partial charge >= 0.3 is 0 Å². The number of amides is 1. The Morgan fingerprint density at radius 3 is 2.23 bits per heavy atom. The molecule has 0 radical (unpaired) electrons. The van der Waals surface area contributed by atoms with Crippen molar-refractivity contribution in [1.82, 2.24) is 0 Å². The molecule has 4 rings (SSSR count). The Morgan fingerprint density at radius 1 is 0.875 bits per heavy atom. The smallest absolute Gasteiger partial charge is 0.268 e. The lowest BCUT2D eigenvalue weighted by Gasteiger charge is -2.25. The molecule has 0 aromatic heterocycles. The molecule has 4 aromatic rings. The first kappa shape index (κ1) is 28.7. The minimum Gasteiger partial charge on any atom is -0.497 e. The van der Waals surface area contributed by atoms with Gasteiger partial charge in [0.25, 0.3) is 10.0 Å². The summed E-state index contributed by atoms with van der Waals surface area (Å²) in [5.74, 6) is -0.361. The summed E-state index contributed by atoms with van der Waals surface area (Å²) in [6.45, 7) is 1.17. The average molecular weight is 579 g/mol. The summed E-state index contributed by atoms with van der Waals surface area (Å²) in [6, 6.07) is 24.1. The molecule has 1 amide bonds. The maximum Gasteiger partial charge on any atom is 0.268 e. The molecule has 0 unspecified atom stereocenters. The zero-order valence-corrected chi connectivity index (χ0v) is 23.6. The fraction of sp³-hybridized carbons (Fsp3) is 0.133. The third-order valence-electron chi connectivity index (χ3n) is 6.07. The van der Waals surface area contributed by atoms with Gasteiger partial charge in [0, 0.05) is 16.1 Å². The Labute approximate surface area is 238 Å². The molecule has 10 heteroatoms. The van der Waals surface area contributed by atoms with E-state index in [9.17, 15) is 18.0 Å². The summed E-state index contributed by atoms with van der Waals surface area (Å²) >= 11 is 6.17. The van der Waals surface area contributed by atoms with Gasteiger partial charge in [-0.15, -0.1) is 0 Å². The van der Waals surface area contributed by atoms with Crippen molar-refractivity contribution in [2.45, 2.75) is 11.8 Å². The number of carbonyl (C=O) groups excluding carboxylic acids is 2. The second kappa shape index (κ2) is 12.2. The van der Waals surface area contributed by atoms with E-state index in [4.69, 9.17) is 21.1 Å². The van der Waals surface area contributed by atoms with Gasteiger partial charge in [-0.3, -0.25) is 13.9 Å². The highest BCUT2D eigenvalue weighted by atomic mass is 35.5. The van der Waals surface area contributed by atoms with Crippen LogP contribution < -0.4 is 19.1 Å². The number of nitrogens with zero attached hydrogens (tertiary/aromatic N) is 1. The van der Waals surface area contributed by atoms with Crippen molar-refractivity contribution in [2.24, 2.45) is 0 Å². The van der Waals surface area contributed by atoms with Crippen molar-refractivity contribution in [1.29, 1.82) is 0 Å². The molecule has 0 spiro atoms. The minimum absolute atomic E-state index is 0.0925. The maximum absolute atomic E-state index is 14.0. The Balaban J connectivity index is 1.72. The number of sulfonamides is 1. The average Bonchev–Trinajstić information content (AvgIpc) is 2.97. The number of anilines is 2. The van der Waals surface area contributed by atoms with Gasteiger partial charge in [0.15, 0.2) is 5.78 Å².